The van der Waals surface area contributed by atoms with E-state index >= 15 is 0 Å². The van der Waals surface area contributed by atoms with E-state index in [1.165, 1.54) is 43.2 Å². The predicted octanol–water partition coefficient (Wildman–Crippen LogP) is 1.56. The van der Waals surface area contributed by atoms with Crippen molar-refractivity contribution in [1.29, 1.82) is 0 Å². The number of carbonyl (C=O) groups excluding carboxylic acids is 1. The fourth-order valence-corrected chi connectivity index (χ4v) is 2.36. The van der Waals surface area contributed by atoms with E-state index in [2.05, 4.69) is 10.5 Å². The van der Waals surface area contributed by atoms with Crippen LogP contribution in [0.4, 0.5) is 5.69 Å². The molecule has 10 nitrogen and oxygen atoms in total. The maximum Gasteiger partial charge on any atom is 0.315 e. The highest BCUT2D eigenvalue weighted by atomic mass is 16.6. The van der Waals surface area contributed by atoms with Gasteiger partial charge in [-0.3, -0.25) is 19.7 Å². The maximum absolute atomic E-state index is 12.1. The Morgan fingerprint density at radius 2 is 2.11 bits per heavy atom. The minimum Gasteiger partial charge on any atom is -0.493 e. The third-order valence-electron chi connectivity index (χ3n) is 3.66. The smallest absolute Gasteiger partial charge is 0.315 e. The molecule has 0 bridgehead atoms. The van der Waals surface area contributed by atoms with Crippen LogP contribution in [0.5, 0.6) is 11.5 Å². The molecular weight excluding hydrogens is 356 g/mol. The van der Waals surface area contributed by atoms with Gasteiger partial charge in [0.15, 0.2) is 5.75 Å². The molecule has 0 radical (unpaired) electrons. The van der Waals surface area contributed by atoms with Gasteiger partial charge in [0.05, 0.1) is 25.4 Å². The Kier molecular flexibility index (Phi) is 6.26. The molecule has 1 amide bonds. The van der Waals surface area contributed by atoms with Crippen LogP contribution in [-0.4, -0.2) is 35.8 Å². The summed E-state index contributed by atoms with van der Waals surface area (Å²) < 4.78 is 11.5. The van der Waals surface area contributed by atoms with E-state index < -0.39 is 16.4 Å². The summed E-state index contributed by atoms with van der Waals surface area (Å²) in [5.74, 6) is -0.560. The number of nitrogens with zero attached hydrogens (tertiary/aromatic N) is 3. The molecule has 0 spiro atoms. The summed E-state index contributed by atoms with van der Waals surface area (Å²) in [6.07, 6.45) is 2.78. The van der Waals surface area contributed by atoms with Gasteiger partial charge in [-0.05, 0) is 25.1 Å². The maximum atomic E-state index is 12.1. The quantitative estimate of drug-likeness (QED) is 0.445. The second kappa shape index (κ2) is 8.61. The molecule has 0 fully saturated rings. The van der Waals surface area contributed by atoms with E-state index in [0.717, 1.165) is 0 Å². The molecule has 2 rings (SSSR count). The van der Waals surface area contributed by atoms with Gasteiger partial charge in [0.2, 0.25) is 5.75 Å². The zero-order valence-electron chi connectivity index (χ0n) is 15.0. The lowest BCUT2D eigenvalue weighted by Crippen LogP contribution is -2.30. The van der Waals surface area contributed by atoms with Crippen molar-refractivity contribution in [2.75, 3.05) is 14.2 Å². The molecule has 142 valence electrons. The van der Waals surface area contributed by atoms with Crippen LogP contribution in [0.2, 0.25) is 0 Å². The molecule has 0 unspecified atom stereocenters. The van der Waals surface area contributed by atoms with E-state index in [0.29, 0.717) is 12.1 Å². The summed E-state index contributed by atoms with van der Waals surface area (Å²) >= 11 is 0. The van der Waals surface area contributed by atoms with E-state index in [1.807, 2.05) is 0 Å². The highest BCUT2D eigenvalue weighted by molar-refractivity contribution is 5.94. The standard InChI is InChI=1S/C17H18N4O6/c1-4-20-7-5-6-12(17(20)23)16(22)19-18-10-11-8-13(21(24)25)15(27-3)14(9-11)26-2/h5-10H,4H2,1-3H3,(H,19,22)/b18-10-. The number of methoxy groups -OCH3 is 2. The second-order valence-electron chi connectivity index (χ2n) is 5.24. The van der Waals surface area contributed by atoms with Crippen LogP contribution >= 0.6 is 0 Å². The fraction of sp³-hybridized carbons (Fsp3) is 0.235. The van der Waals surface area contributed by atoms with Gasteiger partial charge in [0.1, 0.15) is 5.56 Å². The van der Waals surface area contributed by atoms with E-state index in [1.54, 1.807) is 19.2 Å². The molecule has 0 aliphatic heterocycles. The van der Waals surface area contributed by atoms with E-state index in [-0.39, 0.29) is 22.7 Å². The van der Waals surface area contributed by atoms with Gasteiger partial charge >= 0.3 is 5.69 Å². The average molecular weight is 374 g/mol. The summed E-state index contributed by atoms with van der Waals surface area (Å²) in [5, 5.41) is 14.9. The van der Waals surface area contributed by atoms with E-state index in [4.69, 9.17) is 9.47 Å². The number of nitro benzene ring substituents is 1. The predicted molar refractivity (Wildman–Crippen MR) is 97.6 cm³/mol. The number of nitro groups is 1. The molecule has 2 aromatic rings. The van der Waals surface area contributed by atoms with Crippen molar-refractivity contribution in [1.82, 2.24) is 9.99 Å². The molecule has 0 saturated carbocycles. The monoisotopic (exact) mass is 374 g/mol. The molecule has 0 aliphatic carbocycles. The van der Waals surface area contributed by atoms with E-state index in [9.17, 15) is 19.7 Å². The summed E-state index contributed by atoms with van der Waals surface area (Å²) in [7, 11) is 2.64. The number of rotatable bonds is 7. The zero-order chi connectivity index (χ0) is 20.0. The summed E-state index contributed by atoms with van der Waals surface area (Å²) in [5.41, 5.74) is 1.73. The number of nitrogens with one attached hydrogen (secondary N) is 1. The second-order valence-corrected chi connectivity index (χ2v) is 5.24. The molecule has 27 heavy (non-hydrogen) atoms. The van der Waals surface area contributed by atoms with Crippen LogP contribution in [0, 0.1) is 10.1 Å². The lowest BCUT2D eigenvalue weighted by molar-refractivity contribution is -0.385. The summed E-state index contributed by atoms with van der Waals surface area (Å²) in [6, 6.07) is 5.67. The number of benzene rings is 1. The number of aromatic nitrogens is 1. The number of aryl methyl sites for hydroxylation is 1. The van der Waals surface area contributed by atoms with Crippen LogP contribution in [-0.2, 0) is 6.54 Å². The Hall–Kier alpha value is -3.69. The Bertz CT molecular complexity index is 951. The van der Waals surface area contributed by atoms with Crippen molar-refractivity contribution in [3.8, 4) is 11.5 Å². The largest absolute Gasteiger partial charge is 0.493 e. The first kappa shape index (κ1) is 19.6. The molecule has 1 aromatic heterocycles. The van der Waals surface area contributed by atoms with Gasteiger partial charge in [0.25, 0.3) is 11.5 Å². The van der Waals surface area contributed by atoms with Crippen molar-refractivity contribution < 1.29 is 19.2 Å². The Labute approximate surface area is 154 Å². The molecular formula is C17H18N4O6. The SMILES string of the molecule is CCn1cccc(C(=O)N/N=C\c2cc(OC)c(OC)c([N+](=O)[O-])c2)c1=O. The minimum absolute atomic E-state index is 0.0203. The topological polar surface area (TPSA) is 125 Å². The van der Waals surface area contributed by atoms with Gasteiger partial charge in [-0.25, -0.2) is 5.43 Å². The van der Waals surface area contributed by atoms with Crippen molar-refractivity contribution in [2.45, 2.75) is 13.5 Å². The first-order valence-electron chi connectivity index (χ1n) is 7.86. The van der Waals surface area contributed by atoms with Gasteiger partial charge in [-0.1, -0.05) is 0 Å². The normalized spacial score (nSPS) is 10.6. The van der Waals surface area contributed by atoms with Crippen molar-refractivity contribution >= 4 is 17.8 Å². The third-order valence-corrected chi connectivity index (χ3v) is 3.66. The lowest BCUT2D eigenvalue weighted by Gasteiger charge is -2.08. The number of carbonyl (C=O) groups is 1. The third kappa shape index (κ3) is 4.29. The zero-order valence-corrected chi connectivity index (χ0v) is 15.0. The van der Waals surface area contributed by atoms with Crippen LogP contribution in [0.1, 0.15) is 22.8 Å². The molecule has 1 N–H and O–H groups in total. The number of hydrazone groups is 1. The fourth-order valence-electron chi connectivity index (χ4n) is 2.36. The Morgan fingerprint density at radius 1 is 1.37 bits per heavy atom. The van der Waals surface area contributed by atoms with Crippen LogP contribution in [0.15, 0.2) is 40.4 Å². The highest BCUT2D eigenvalue weighted by Gasteiger charge is 2.21. The minimum atomic E-state index is -0.686. The Morgan fingerprint density at radius 3 is 2.70 bits per heavy atom. The van der Waals surface area contributed by atoms with Crippen molar-refractivity contribution in [3.63, 3.8) is 0 Å². The first-order chi connectivity index (χ1) is 12.9. The summed E-state index contributed by atoms with van der Waals surface area (Å²) in [4.78, 5) is 34.8. The molecule has 1 aromatic carbocycles. The summed E-state index contributed by atoms with van der Waals surface area (Å²) in [6.45, 7) is 2.21. The van der Waals surface area contributed by atoms with Crippen molar-refractivity contribution in [2.24, 2.45) is 5.10 Å². The average Bonchev–Trinajstić information content (AvgIpc) is 2.67. The van der Waals surface area contributed by atoms with Gasteiger partial charge < -0.3 is 14.0 Å². The molecule has 0 aliphatic rings. The number of pyridine rings is 1. The number of ether oxygens (including phenoxy) is 2. The number of hydrogen-bond donors (Lipinski definition) is 1. The van der Waals surface area contributed by atoms with Gasteiger partial charge in [0, 0.05) is 24.4 Å². The van der Waals surface area contributed by atoms with Crippen LogP contribution in [0.25, 0.3) is 0 Å². The number of hydrogen-bond acceptors (Lipinski definition) is 7. The van der Waals surface area contributed by atoms with Gasteiger partial charge in [-0.2, -0.15) is 5.10 Å². The Balaban J connectivity index is 2.26. The van der Waals surface area contributed by atoms with Gasteiger partial charge in [-0.15, -0.1) is 0 Å². The van der Waals surface area contributed by atoms with Crippen LogP contribution in [0.3, 0.4) is 0 Å². The molecule has 0 saturated heterocycles. The number of amides is 1. The molecule has 10 heteroatoms. The highest BCUT2D eigenvalue weighted by Crippen LogP contribution is 2.37. The molecule has 1 heterocycles. The van der Waals surface area contributed by atoms with Crippen LogP contribution < -0.4 is 20.5 Å². The lowest BCUT2D eigenvalue weighted by atomic mass is 10.2. The van der Waals surface area contributed by atoms with Crippen molar-refractivity contribution in [3.05, 3.63) is 62.1 Å². The first-order valence-corrected chi connectivity index (χ1v) is 7.86. The molecule has 0 atom stereocenters.